The van der Waals surface area contributed by atoms with Crippen LogP contribution in [0.3, 0.4) is 0 Å². The Kier molecular flexibility index (Phi) is 4.32. The van der Waals surface area contributed by atoms with E-state index in [1.165, 1.54) is 0 Å². The number of aromatic amines is 1. The Morgan fingerprint density at radius 3 is 2.84 bits per heavy atom. The molecule has 0 aliphatic heterocycles. The molecule has 0 unspecified atom stereocenters. The van der Waals surface area contributed by atoms with E-state index in [2.05, 4.69) is 29.9 Å². The van der Waals surface area contributed by atoms with Crippen LogP contribution in [0, 0.1) is 4.64 Å². The van der Waals surface area contributed by atoms with Crippen molar-refractivity contribution in [3.63, 3.8) is 0 Å². The van der Waals surface area contributed by atoms with Crippen molar-refractivity contribution < 1.29 is 4.74 Å². The second kappa shape index (κ2) is 5.97. The van der Waals surface area contributed by atoms with E-state index in [1.807, 2.05) is 25.1 Å². The van der Waals surface area contributed by atoms with Gasteiger partial charge in [0.15, 0.2) is 0 Å². The van der Waals surface area contributed by atoms with Crippen LogP contribution in [0.2, 0.25) is 0 Å². The van der Waals surface area contributed by atoms with Crippen LogP contribution < -0.4 is 4.74 Å². The van der Waals surface area contributed by atoms with E-state index in [0.29, 0.717) is 17.2 Å². The molecule has 2 aromatic rings. The minimum absolute atomic E-state index is 0.322. The average Bonchev–Trinajstić information content (AvgIpc) is 2.38. The third-order valence-corrected chi connectivity index (χ3v) is 3.23. The highest BCUT2D eigenvalue weighted by Crippen LogP contribution is 2.29. The van der Waals surface area contributed by atoms with Crippen molar-refractivity contribution >= 4 is 12.2 Å². The average molecular weight is 274 g/mol. The minimum Gasteiger partial charge on any atom is -0.494 e. The van der Waals surface area contributed by atoms with Gasteiger partial charge >= 0.3 is 0 Å². The Hall–Kier alpha value is -1.68. The number of hydrogen-bond acceptors (Lipinski definition) is 3. The number of rotatable bonds is 4. The van der Waals surface area contributed by atoms with Crippen LogP contribution in [0.25, 0.3) is 11.3 Å². The van der Waals surface area contributed by atoms with Gasteiger partial charge in [0.05, 0.1) is 18.6 Å². The maximum Gasteiger partial charge on any atom is 0.133 e. The topological polar surface area (TPSA) is 37.9 Å². The predicted octanol–water partition coefficient (Wildman–Crippen LogP) is 4.33. The third kappa shape index (κ3) is 3.01. The molecule has 100 valence electrons. The lowest BCUT2D eigenvalue weighted by atomic mass is 9.98. The highest BCUT2D eigenvalue weighted by atomic mass is 32.1. The van der Waals surface area contributed by atoms with E-state index >= 15 is 0 Å². The number of benzene rings is 1. The van der Waals surface area contributed by atoms with Crippen molar-refractivity contribution in [2.45, 2.75) is 26.7 Å². The minimum atomic E-state index is 0.322. The van der Waals surface area contributed by atoms with Gasteiger partial charge in [-0.25, -0.2) is 4.98 Å². The predicted molar refractivity (Wildman–Crippen MR) is 80.1 cm³/mol. The molecular weight excluding hydrogens is 256 g/mol. The van der Waals surface area contributed by atoms with Crippen LogP contribution in [0.15, 0.2) is 30.6 Å². The van der Waals surface area contributed by atoms with Crippen molar-refractivity contribution in [3.05, 3.63) is 40.8 Å². The van der Waals surface area contributed by atoms with Crippen LogP contribution in [0.1, 0.15) is 32.3 Å². The Balaban J connectivity index is 2.55. The quantitative estimate of drug-likeness (QED) is 0.843. The molecular formula is C15H18N2OS. The third-order valence-electron chi connectivity index (χ3n) is 2.90. The van der Waals surface area contributed by atoms with E-state index in [1.54, 1.807) is 6.33 Å². The van der Waals surface area contributed by atoms with Crippen LogP contribution in [-0.2, 0) is 0 Å². The first-order valence-corrected chi connectivity index (χ1v) is 6.85. The molecule has 0 spiro atoms. The molecule has 0 aliphatic rings. The maximum atomic E-state index is 5.54. The lowest BCUT2D eigenvalue weighted by Gasteiger charge is -2.13. The molecule has 0 saturated heterocycles. The fourth-order valence-corrected chi connectivity index (χ4v) is 2.48. The van der Waals surface area contributed by atoms with Gasteiger partial charge in [0.2, 0.25) is 0 Å². The lowest BCUT2D eigenvalue weighted by Crippen LogP contribution is -1.99. The second-order valence-electron chi connectivity index (χ2n) is 4.61. The van der Waals surface area contributed by atoms with Gasteiger partial charge in [-0.05, 0) is 25.0 Å². The monoisotopic (exact) mass is 274 g/mol. The first-order valence-electron chi connectivity index (χ1n) is 6.44. The molecule has 1 N–H and O–H groups in total. The number of nitrogens with zero attached hydrogens (tertiary/aromatic N) is 1. The fraction of sp³-hybridized carbons (Fsp3) is 0.333. The van der Waals surface area contributed by atoms with E-state index in [-0.39, 0.29) is 0 Å². The van der Waals surface area contributed by atoms with Gasteiger partial charge in [0.1, 0.15) is 10.4 Å². The summed E-state index contributed by atoms with van der Waals surface area (Å²) in [6, 6.07) is 8.02. The van der Waals surface area contributed by atoms with Crippen molar-refractivity contribution in [1.82, 2.24) is 9.97 Å². The molecule has 0 atom stereocenters. The molecule has 0 aliphatic carbocycles. The Morgan fingerprint density at radius 2 is 2.16 bits per heavy atom. The standard InChI is InChI=1S/C15H18N2OS/c1-4-18-12-7-5-6-11(8-12)14-13(10(2)3)15(19)17-9-16-14/h5-10H,4H2,1-3H3,(H,16,17,19). The summed E-state index contributed by atoms with van der Waals surface area (Å²) in [5.74, 6) is 1.19. The first-order chi connectivity index (χ1) is 9.13. The van der Waals surface area contributed by atoms with Gasteiger partial charge in [0, 0.05) is 11.1 Å². The van der Waals surface area contributed by atoms with E-state index in [9.17, 15) is 0 Å². The molecule has 0 radical (unpaired) electrons. The summed E-state index contributed by atoms with van der Waals surface area (Å²) in [4.78, 5) is 7.38. The zero-order valence-corrected chi connectivity index (χ0v) is 12.3. The summed E-state index contributed by atoms with van der Waals surface area (Å²) in [7, 11) is 0. The van der Waals surface area contributed by atoms with Crippen LogP contribution in [0.5, 0.6) is 5.75 Å². The summed E-state index contributed by atoms with van der Waals surface area (Å²) in [6.07, 6.45) is 1.65. The van der Waals surface area contributed by atoms with E-state index in [0.717, 1.165) is 22.6 Å². The number of aromatic nitrogens is 2. The molecule has 0 bridgehead atoms. The number of hydrogen-bond donors (Lipinski definition) is 1. The summed E-state index contributed by atoms with van der Waals surface area (Å²) in [5, 5.41) is 0. The van der Waals surface area contributed by atoms with Gasteiger partial charge in [0.25, 0.3) is 0 Å². The smallest absolute Gasteiger partial charge is 0.133 e. The van der Waals surface area contributed by atoms with Crippen molar-refractivity contribution in [3.8, 4) is 17.0 Å². The van der Waals surface area contributed by atoms with Crippen molar-refractivity contribution in [2.75, 3.05) is 6.61 Å². The Labute approximate surface area is 118 Å². The van der Waals surface area contributed by atoms with Crippen molar-refractivity contribution in [2.24, 2.45) is 0 Å². The van der Waals surface area contributed by atoms with Gasteiger partial charge in [-0.1, -0.05) is 38.2 Å². The van der Waals surface area contributed by atoms with Crippen LogP contribution >= 0.6 is 12.2 Å². The SMILES string of the molecule is CCOc1cccc(-c2[nH]cnc(=S)c2C(C)C)c1. The molecule has 0 amide bonds. The van der Waals surface area contributed by atoms with Crippen LogP contribution in [-0.4, -0.2) is 16.6 Å². The van der Waals surface area contributed by atoms with Gasteiger partial charge in [-0.3, -0.25) is 0 Å². The van der Waals surface area contributed by atoms with E-state index in [4.69, 9.17) is 17.0 Å². The van der Waals surface area contributed by atoms with Gasteiger partial charge in [-0.15, -0.1) is 0 Å². The Morgan fingerprint density at radius 1 is 1.37 bits per heavy atom. The second-order valence-corrected chi connectivity index (χ2v) is 5.00. The molecule has 4 heteroatoms. The molecule has 19 heavy (non-hydrogen) atoms. The zero-order chi connectivity index (χ0) is 13.8. The summed E-state index contributed by atoms with van der Waals surface area (Å²) in [6.45, 7) is 6.88. The summed E-state index contributed by atoms with van der Waals surface area (Å²) < 4.78 is 6.20. The zero-order valence-electron chi connectivity index (χ0n) is 11.4. The normalized spacial score (nSPS) is 10.7. The molecule has 0 saturated carbocycles. The van der Waals surface area contributed by atoms with E-state index < -0.39 is 0 Å². The summed E-state index contributed by atoms with van der Waals surface area (Å²) in [5.41, 5.74) is 3.17. The van der Waals surface area contributed by atoms with Crippen LogP contribution in [0.4, 0.5) is 0 Å². The first kappa shape index (κ1) is 13.7. The molecule has 1 heterocycles. The highest BCUT2D eigenvalue weighted by molar-refractivity contribution is 7.71. The van der Waals surface area contributed by atoms with Gasteiger partial charge < -0.3 is 9.72 Å². The molecule has 3 nitrogen and oxygen atoms in total. The molecule has 2 rings (SSSR count). The summed E-state index contributed by atoms with van der Waals surface area (Å²) >= 11 is 5.34. The maximum absolute atomic E-state index is 5.54. The number of ether oxygens (including phenoxy) is 1. The Bertz CT molecular complexity index is 620. The molecule has 0 fully saturated rings. The highest BCUT2D eigenvalue weighted by Gasteiger charge is 2.12. The number of nitrogens with one attached hydrogen (secondary N) is 1. The lowest BCUT2D eigenvalue weighted by molar-refractivity contribution is 0.340. The van der Waals surface area contributed by atoms with Gasteiger partial charge in [-0.2, -0.15) is 0 Å². The fourth-order valence-electron chi connectivity index (χ4n) is 2.09. The largest absolute Gasteiger partial charge is 0.494 e. The van der Waals surface area contributed by atoms with Crippen molar-refractivity contribution in [1.29, 1.82) is 0 Å². The molecule has 1 aromatic heterocycles. The number of H-pyrrole nitrogens is 1. The molecule has 1 aromatic carbocycles.